The molecule has 1 fully saturated rings. The summed E-state index contributed by atoms with van der Waals surface area (Å²) in [5.41, 5.74) is 3.81. The van der Waals surface area contributed by atoms with Gasteiger partial charge >= 0.3 is 0 Å². The number of hydrazone groups is 1. The number of benzene rings is 2. The molecule has 1 amide bonds. The monoisotopic (exact) mass is 431 g/mol. The smallest absolute Gasteiger partial charge is 0.255 e. The predicted molar refractivity (Wildman–Crippen MR) is 114 cm³/mol. The molecule has 30 heavy (non-hydrogen) atoms. The van der Waals surface area contributed by atoms with E-state index >= 15 is 0 Å². The molecule has 0 atom stereocenters. The van der Waals surface area contributed by atoms with Crippen LogP contribution < -0.4 is 5.43 Å². The van der Waals surface area contributed by atoms with E-state index in [4.69, 9.17) is 0 Å². The van der Waals surface area contributed by atoms with Gasteiger partial charge in [-0.3, -0.25) is 4.79 Å². The number of hydrogen-bond acceptors (Lipinski definition) is 4. The molecule has 160 valence electrons. The van der Waals surface area contributed by atoms with E-state index in [0.717, 1.165) is 37.7 Å². The highest BCUT2D eigenvalue weighted by molar-refractivity contribution is 7.89. The molecule has 0 heterocycles. The number of halogens is 1. The SMILES string of the molecule is Cc1ccc(S(=O)(=O)N(CC(=O)N/N=C\c2cccc(F)c2)C2CCCCC2)cc1. The summed E-state index contributed by atoms with van der Waals surface area (Å²) in [7, 11) is -3.82. The first-order valence-electron chi connectivity index (χ1n) is 10.0. The molecule has 0 saturated heterocycles. The van der Waals surface area contributed by atoms with Crippen LogP contribution >= 0.6 is 0 Å². The van der Waals surface area contributed by atoms with Gasteiger partial charge in [0, 0.05) is 6.04 Å². The van der Waals surface area contributed by atoms with Gasteiger partial charge < -0.3 is 0 Å². The molecule has 1 aliphatic rings. The summed E-state index contributed by atoms with van der Waals surface area (Å²) in [6.45, 7) is 1.57. The zero-order valence-electron chi connectivity index (χ0n) is 16.9. The van der Waals surface area contributed by atoms with Gasteiger partial charge in [-0.25, -0.2) is 18.2 Å². The summed E-state index contributed by atoms with van der Waals surface area (Å²) in [6.07, 6.45) is 5.71. The molecule has 0 radical (unpaired) electrons. The van der Waals surface area contributed by atoms with Crippen molar-refractivity contribution in [2.24, 2.45) is 5.10 Å². The number of nitrogens with one attached hydrogen (secondary N) is 1. The first-order chi connectivity index (χ1) is 14.4. The molecule has 0 aromatic heterocycles. The average molecular weight is 432 g/mol. The Morgan fingerprint density at radius 2 is 1.87 bits per heavy atom. The van der Waals surface area contributed by atoms with E-state index in [1.54, 1.807) is 30.3 Å². The van der Waals surface area contributed by atoms with Gasteiger partial charge in [-0.15, -0.1) is 0 Å². The first-order valence-corrected chi connectivity index (χ1v) is 11.5. The Balaban J connectivity index is 1.75. The lowest BCUT2D eigenvalue weighted by Gasteiger charge is -2.32. The van der Waals surface area contributed by atoms with Gasteiger partial charge in [0.1, 0.15) is 5.82 Å². The second-order valence-electron chi connectivity index (χ2n) is 7.50. The van der Waals surface area contributed by atoms with Gasteiger partial charge in [0.25, 0.3) is 5.91 Å². The second-order valence-corrected chi connectivity index (χ2v) is 9.39. The molecule has 0 unspecified atom stereocenters. The van der Waals surface area contributed by atoms with Crippen LogP contribution in [0.5, 0.6) is 0 Å². The van der Waals surface area contributed by atoms with Gasteiger partial charge in [0.2, 0.25) is 10.0 Å². The van der Waals surface area contributed by atoms with Crippen molar-refractivity contribution < 1.29 is 17.6 Å². The van der Waals surface area contributed by atoms with Crippen LogP contribution in [-0.2, 0) is 14.8 Å². The molecule has 0 aliphatic heterocycles. The Hall–Kier alpha value is -2.58. The number of carbonyl (C=O) groups excluding carboxylic acids is 1. The van der Waals surface area contributed by atoms with Crippen molar-refractivity contribution in [3.63, 3.8) is 0 Å². The molecule has 8 heteroatoms. The highest BCUT2D eigenvalue weighted by Crippen LogP contribution is 2.27. The Morgan fingerprint density at radius 3 is 2.53 bits per heavy atom. The lowest BCUT2D eigenvalue weighted by atomic mass is 9.95. The van der Waals surface area contributed by atoms with Gasteiger partial charge in [0.15, 0.2) is 0 Å². The van der Waals surface area contributed by atoms with Gasteiger partial charge in [-0.1, -0.05) is 49.1 Å². The maximum absolute atomic E-state index is 13.3. The van der Waals surface area contributed by atoms with E-state index in [0.29, 0.717) is 5.56 Å². The average Bonchev–Trinajstić information content (AvgIpc) is 2.73. The predicted octanol–water partition coefficient (Wildman–Crippen LogP) is 3.61. The zero-order valence-corrected chi connectivity index (χ0v) is 17.7. The number of rotatable bonds is 7. The van der Waals surface area contributed by atoms with Crippen LogP contribution in [0.2, 0.25) is 0 Å². The van der Waals surface area contributed by atoms with E-state index in [9.17, 15) is 17.6 Å². The summed E-state index contributed by atoms with van der Waals surface area (Å²) in [5, 5.41) is 3.83. The number of amides is 1. The Kier molecular flexibility index (Phi) is 7.33. The van der Waals surface area contributed by atoms with Gasteiger partial charge in [-0.05, 0) is 49.6 Å². The van der Waals surface area contributed by atoms with Crippen LogP contribution in [0.15, 0.2) is 58.5 Å². The molecule has 2 aromatic carbocycles. The van der Waals surface area contributed by atoms with Crippen molar-refractivity contribution in [1.29, 1.82) is 0 Å². The molecule has 0 spiro atoms. The third-order valence-electron chi connectivity index (χ3n) is 5.16. The van der Waals surface area contributed by atoms with Crippen molar-refractivity contribution in [2.75, 3.05) is 6.54 Å². The first kappa shape index (κ1) is 22.1. The van der Waals surface area contributed by atoms with Crippen LogP contribution in [0, 0.1) is 12.7 Å². The molecule has 1 aliphatic carbocycles. The lowest BCUT2D eigenvalue weighted by molar-refractivity contribution is -0.121. The van der Waals surface area contributed by atoms with Crippen LogP contribution in [0.1, 0.15) is 43.2 Å². The van der Waals surface area contributed by atoms with Crippen LogP contribution in [0.3, 0.4) is 0 Å². The lowest BCUT2D eigenvalue weighted by Crippen LogP contribution is -2.46. The molecule has 2 aromatic rings. The highest BCUT2D eigenvalue weighted by Gasteiger charge is 2.33. The van der Waals surface area contributed by atoms with Gasteiger partial charge in [-0.2, -0.15) is 9.41 Å². The maximum atomic E-state index is 13.3. The summed E-state index contributed by atoms with van der Waals surface area (Å²) < 4.78 is 41.1. The van der Waals surface area contributed by atoms with E-state index < -0.39 is 21.7 Å². The molecule has 3 rings (SSSR count). The fourth-order valence-electron chi connectivity index (χ4n) is 3.57. The Labute approximate surface area is 176 Å². The van der Waals surface area contributed by atoms with E-state index in [1.165, 1.54) is 28.7 Å². The van der Waals surface area contributed by atoms with Crippen molar-refractivity contribution in [3.8, 4) is 0 Å². The minimum Gasteiger partial charge on any atom is -0.272 e. The summed E-state index contributed by atoms with van der Waals surface area (Å²) in [4.78, 5) is 12.7. The van der Waals surface area contributed by atoms with Crippen LogP contribution in [0.4, 0.5) is 4.39 Å². The van der Waals surface area contributed by atoms with Crippen LogP contribution in [0.25, 0.3) is 0 Å². The number of hydrogen-bond donors (Lipinski definition) is 1. The van der Waals surface area contributed by atoms with E-state index in [2.05, 4.69) is 10.5 Å². The molecule has 0 bridgehead atoms. The van der Waals surface area contributed by atoms with Crippen molar-refractivity contribution >= 4 is 22.1 Å². The highest BCUT2D eigenvalue weighted by atomic mass is 32.2. The number of aryl methyl sites for hydroxylation is 1. The Bertz CT molecular complexity index is 1000. The second kappa shape index (κ2) is 9.95. The fraction of sp³-hybridized carbons (Fsp3) is 0.364. The Morgan fingerprint density at radius 1 is 1.17 bits per heavy atom. The minimum absolute atomic E-state index is 0.176. The normalized spacial score (nSPS) is 15.6. The summed E-state index contributed by atoms with van der Waals surface area (Å²) in [5.74, 6) is -0.943. The number of nitrogens with zero attached hydrogens (tertiary/aromatic N) is 2. The van der Waals surface area contributed by atoms with E-state index in [1.807, 2.05) is 6.92 Å². The molecular formula is C22H26FN3O3S. The molecule has 1 saturated carbocycles. The largest absolute Gasteiger partial charge is 0.272 e. The van der Waals surface area contributed by atoms with Crippen molar-refractivity contribution in [3.05, 3.63) is 65.5 Å². The topological polar surface area (TPSA) is 78.8 Å². The third kappa shape index (κ3) is 5.73. The summed E-state index contributed by atoms with van der Waals surface area (Å²) in [6, 6.07) is 12.2. The van der Waals surface area contributed by atoms with Crippen LogP contribution in [-0.4, -0.2) is 37.4 Å². The maximum Gasteiger partial charge on any atom is 0.255 e. The molecule has 6 nitrogen and oxygen atoms in total. The summed E-state index contributed by atoms with van der Waals surface area (Å²) >= 11 is 0. The van der Waals surface area contributed by atoms with Gasteiger partial charge in [0.05, 0.1) is 17.7 Å². The quantitative estimate of drug-likeness (QED) is 0.537. The standard InChI is InChI=1S/C22H26FN3O3S/c1-17-10-12-21(13-11-17)30(28,29)26(20-8-3-2-4-9-20)16-22(27)25-24-15-18-6-5-7-19(23)14-18/h5-7,10-15,20H,2-4,8-9,16H2,1H3,(H,25,27)/b24-15-. The van der Waals surface area contributed by atoms with E-state index in [-0.39, 0.29) is 17.5 Å². The van der Waals surface area contributed by atoms with Crippen molar-refractivity contribution in [2.45, 2.75) is 50.0 Å². The molecular weight excluding hydrogens is 405 g/mol. The van der Waals surface area contributed by atoms with Crippen molar-refractivity contribution in [1.82, 2.24) is 9.73 Å². The molecule has 1 N–H and O–H groups in total. The number of carbonyl (C=O) groups is 1. The minimum atomic E-state index is -3.82. The zero-order chi connectivity index (χ0) is 21.6. The fourth-order valence-corrected chi connectivity index (χ4v) is 5.21. The third-order valence-corrected chi connectivity index (χ3v) is 7.07. The number of sulfonamides is 1.